The largest absolute Gasteiger partial charge is 0.354 e. The highest BCUT2D eigenvalue weighted by molar-refractivity contribution is 5.81. The maximum absolute atomic E-state index is 11.9. The van der Waals surface area contributed by atoms with Crippen molar-refractivity contribution in [1.82, 2.24) is 10.6 Å². The molecule has 2 amide bonds. The maximum Gasteiger partial charge on any atom is 0.226 e. The van der Waals surface area contributed by atoms with Gasteiger partial charge in [0.15, 0.2) is 0 Å². The van der Waals surface area contributed by atoms with Crippen molar-refractivity contribution in [3.63, 3.8) is 0 Å². The van der Waals surface area contributed by atoms with E-state index < -0.39 is 0 Å². The topological polar surface area (TPSA) is 58.2 Å². The second kappa shape index (κ2) is 7.88. The molecule has 20 heavy (non-hydrogen) atoms. The fourth-order valence-corrected chi connectivity index (χ4v) is 2.70. The van der Waals surface area contributed by atoms with Crippen molar-refractivity contribution < 1.29 is 9.59 Å². The zero-order valence-corrected chi connectivity index (χ0v) is 11.9. The Balaban J connectivity index is 1.61. The molecule has 4 heteroatoms. The fraction of sp³-hybridized carbons (Fsp3) is 0.625. The van der Waals surface area contributed by atoms with E-state index in [0.717, 1.165) is 38.5 Å². The Bertz CT molecular complexity index is 363. The van der Waals surface area contributed by atoms with Crippen LogP contribution in [0.25, 0.3) is 0 Å². The van der Waals surface area contributed by atoms with E-state index in [9.17, 15) is 9.59 Å². The number of carbonyl (C=O) groups is 2. The molecule has 2 N–H and O–H groups in total. The summed E-state index contributed by atoms with van der Waals surface area (Å²) in [7, 11) is 0. The van der Waals surface area contributed by atoms with Crippen molar-refractivity contribution in [2.45, 2.75) is 38.5 Å². The zero-order chi connectivity index (χ0) is 14.2. The molecule has 0 aromatic heterocycles. The molecule has 110 valence electrons. The molecule has 2 aliphatic carbocycles. The molecule has 2 unspecified atom stereocenters. The van der Waals surface area contributed by atoms with Gasteiger partial charge in [0.05, 0.1) is 11.8 Å². The lowest BCUT2D eigenvalue weighted by atomic mass is 9.95. The smallest absolute Gasteiger partial charge is 0.226 e. The number of carbonyl (C=O) groups excluding carboxylic acids is 2. The second-order valence-electron chi connectivity index (χ2n) is 5.51. The summed E-state index contributed by atoms with van der Waals surface area (Å²) in [6.45, 7) is 1.01. The van der Waals surface area contributed by atoms with Gasteiger partial charge in [-0.3, -0.25) is 9.59 Å². The van der Waals surface area contributed by atoms with Crippen LogP contribution in [0.4, 0.5) is 0 Å². The highest BCUT2D eigenvalue weighted by Crippen LogP contribution is 2.17. The Morgan fingerprint density at radius 3 is 1.65 bits per heavy atom. The molecule has 0 fully saturated rings. The summed E-state index contributed by atoms with van der Waals surface area (Å²) in [5.41, 5.74) is 0. The molecule has 2 atom stereocenters. The van der Waals surface area contributed by atoms with Gasteiger partial charge in [-0.15, -0.1) is 0 Å². The van der Waals surface area contributed by atoms with Crippen molar-refractivity contribution in [3.8, 4) is 0 Å². The number of hydrogen-bond acceptors (Lipinski definition) is 2. The number of allylic oxidation sites excluding steroid dienone is 2. The summed E-state index contributed by atoms with van der Waals surface area (Å²) in [4.78, 5) is 23.7. The average Bonchev–Trinajstić information content (AvgIpc) is 2.53. The monoisotopic (exact) mass is 276 g/mol. The van der Waals surface area contributed by atoms with Crippen molar-refractivity contribution in [3.05, 3.63) is 24.3 Å². The Morgan fingerprint density at radius 2 is 1.30 bits per heavy atom. The summed E-state index contributed by atoms with van der Waals surface area (Å²) in [5.74, 6) is 0.182. The second-order valence-corrected chi connectivity index (χ2v) is 5.51. The Hall–Kier alpha value is -1.58. The van der Waals surface area contributed by atoms with Crippen LogP contribution in [0.3, 0.4) is 0 Å². The third kappa shape index (κ3) is 4.51. The van der Waals surface area contributed by atoms with Gasteiger partial charge in [-0.05, 0) is 38.5 Å². The normalized spacial score (nSPS) is 25.2. The molecule has 2 aliphatic rings. The minimum absolute atomic E-state index is 0.0146. The molecule has 4 nitrogen and oxygen atoms in total. The lowest BCUT2D eigenvalue weighted by molar-refractivity contribution is -0.125. The zero-order valence-electron chi connectivity index (χ0n) is 11.9. The van der Waals surface area contributed by atoms with Crippen LogP contribution in [0.5, 0.6) is 0 Å². The summed E-state index contributed by atoms with van der Waals surface area (Å²) in [6, 6.07) is 0. The van der Waals surface area contributed by atoms with Gasteiger partial charge in [-0.2, -0.15) is 0 Å². The molecule has 0 spiro atoms. The molecule has 0 aliphatic heterocycles. The van der Waals surface area contributed by atoms with E-state index in [1.165, 1.54) is 0 Å². The van der Waals surface area contributed by atoms with Crippen LogP contribution in [-0.2, 0) is 9.59 Å². The van der Waals surface area contributed by atoms with Crippen LogP contribution in [0.15, 0.2) is 24.3 Å². The van der Waals surface area contributed by atoms with E-state index in [0.29, 0.717) is 13.1 Å². The van der Waals surface area contributed by atoms with E-state index in [1.54, 1.807) is 0 Å². The van der Waals surface area contributed by atoms with E-state index in [2.05, 4.69) is 22.8 Å². The molecule has 0 bridgehead atoms. The fourth-order valence-electron chi connectivity index (χ4n) is 2.70. The summed E-state index contributed by atoms with van der Waals surface area (Å²) in [6.07, 6.45) is 14.3. The van der Waals surface area contributed by atoms with Crippen LogP contribution < -0.4 is 10.6 Å². The highest BCUT2D eigenvalue weighted by atomic mass is 16.2. The Labute approximate surface area is 120 Å². The first kappa shape index (κ1) is 14.8. The third-order valence-corrected chi connectivity index (χ3v) is 3.91. The van der Waals surface area contributed by atoms with Crippen LogP contribution in [0.2, 0.25) is 0 Å². The van der Waals surface area contributed by atoms with Crippen molar-refractivity contribution >= 4 is 11.8 Å². The van der Waals surface area contributed by atoms with E-state index in [4.69, 9.17) is 0 Å². The van der Waals surface area contributed by atoms with Crippen molar-refractivity contribution in [2.24, 2.45) is 11.8 Å². The van der Waals surface area contributed by atoms with Gasteiger partial charge >= 0.3 is 0 Å². The first-order chi connectivity index (χ1) is 9.77. The molecule has 0 radical (unpaired) electrons. The van der Waals surface area contributed by atoms with Crippen molar-refractivity contribution in [1.29, 1.82) is 0 Å². The van der Waals surface area contributed by atoms with Crippen LogP contribution in [0.1, 0.15) is 38.5 Å². The molecule has 0 saturated heterocycles. The Morgan fingerprint density at radius 1 is 0.850 bits per heavy atom. The average molecular weight is 276 g/mol. The minimum atomic E-state index is 0.0146. The van der Waals surface area contributed by atoms with Gasteiger partial charge in [0.2, 0.25) is 11.8 Å². The molecule has 0 aromatic carbocycles. The van der Waals surface area contributed by atoms with Gasteiger partial charge in [0, 0.05) is 13.1 Å². The molecule has 0 saturated carbocycles. The van der Waals surface area contributed by atoms with E-state index >= 15 is 0 Å². The third-order valence-electron chi connectivity index (χ3n) is 3.91. The summed E-state index contributed by atoms with van der Waals surface area (Å²) in [5, 5.41) is 5.78. The van der Waals surface area contributed by atoms with Crippen molar-refractivity contribution in [2.75, 3.05) is 13.1 Å². The molecule has 0 aromatic rings. The molecular weight excluding hydrogens is 252 g/mol. The summed E-state index contributed by atoms with van der Waals surface area (Å²) >= 11 is 0. The first-order valence-corrected chi connectivity index (χ1v) is 7.66. The van der Waals surface area contributed by atoms with Gasteiger partial charge in [0.1, 0.15) is 0 Å². The minimum Gasteiger partial charge on any atom is -0.354 e. The Kier molecular flexibility index (Phi) is 5.84. The van der Waals surface area contributed by atoms with Gasteiger partial charge in [0.25, 0.3) is 0 Å². The molecule has 2 rings (SSSR count). The highest BCUT2D eigenvalue weighted by Gasteiger charge is 2.18. The molecule has 0 heterocycles. The van der Waals surface area contributed by atoms with Gasteiger partial charge in [-0.1, -0.05) is 24.3 Å². The number of amides is 2. The lowest BCUT2D eigenvalue weighted by Gasteiger charge is -2.18. The van der Waals surface area contributed by atoms with Crippen LogP contribution >= 0.6 is 0 Å². The SMILES string of the molecule is O=C(NCCNC(=O)C1C=CCCC1)C1C=CCCC1. The quantitative estimate of drug-likeness (QED) is 0.595. The number of nitrogens with one attached hydrogen (secondary N) is 2. The van der Waals surface area contributed by atoms with E-state index in [-0.39, 0.29) is 23.7 Å². The van der Waals surface area contributed by atoms with Crippen LogP contribution in [0, 0.1) is 11.8 Å². The standard InChI is InChI=1S/C16H24N2O2/c19-15(13-7-3-1-4-8-13)17-11-12-18-16(20)14-9-5-2-6-10-14/h3,5,7,9,13-14H,1-2,4,6,8,10-12H2,(H,17,19)(H,18,20). The lowest BCUT2D eigenvalue weighted by Crippen LogP contribution is -2.39. The first-order valence-electron chi connectivity index (χ1n) is 7.66. The van der Waals surface area contributed by atoms with Gasteiger partial charge in [-0.25, -0.2) is 0 Å². The van der Waals surface area contributed by atoms with E-state index in [1.807, 2.05) is 12.2 Å². The summed E-state index contributed by atoms with van der Waals surface area (Å²) < 4.78 is 0. The van der Waals surface area contributed by atoms with Gasteiger partial charge < -0.3 is 10.6 Å². The maximum atomic E-state index is 11.9. The van der Waals surface area contributed by atoms with Crippen LogP contribution in [-0.4, -0.2) is 24.9 Å². The molecular formula is C16H24N2O2. The predicted octanol–water partition coefficient (Wildman–Crippen LogP) is 1.93. The number of rotatable bonds is 5. The predicted molar refractivity (Wildman–Crippen MR) is 79.0 cm³/mol. The number of hydrogen-bond donors (Lipinski definition) is 2.